The summed E-state index contributed by atoms with van der Waals surface area (Å²) in [6, 6.07) is 9.36. The molecule has 0 fully saturated rings. The zero-order valence-electron chi connectivity index (χ0n) is 13.0. The van der Waals surface area contributed by atoms with Crippen LogP contribution in [0.3, 0.4) is 0 Å². The first kappa shape index (κ1) is 14.8. The van der Waals surface area contributed by atoms with Gasteiger partial charge in [-0.25, -0.2) is 9.48 Å². The average molecular weight is 310 g/mol. The number of nitrogens with zero attached hydrogens (tertiary/aromatic N) is 4. The number of carbonyl (C=O) groups is 1. The molecule has 0 aliphatic rings. The van der Waals surface area contributed by atoms with Crippen LogP contribution in [-0.2, 0) is 7.05 Å². The molecule has 2 aromatic heterocycles. The number of rotatable bonds is 4. The van der Waals surface area contributed by atoms with Crippen molar-refractivity contribution < 1.29 is 4.79 Å². The minimum atomic E-state index is -0.269. The summed E-state index contributed by atoms with van der Waals surface area (Å²) < 4.78 is 3.42. The largest absolute Gasteiger partial charge is 0.331 e. The van der Waals surface area contributed by atoms with Gasteiger partial charge in [-0.2, -0.15) is 10.2 Å². The molecule has 2 N–H and O–H groups in total. The van der Waals surface area contributed by atoms with Gasteiger partial charge < -0.3 is 10.6 Å². The highest BCUT2D eigenvalue weighted by molar-refractivity contribution is 5.89. The van der Waals surface area contributed by atoms with Crippen LogP contribution in [0.5, 0.6) is 0 Å². The molecular weight excluding hydrogens is 292 g/mol. The number of hydrogen-bond acceptors (Lipinski definition) is 3. The minimum Gasteiger partial charge on any atom is -0.331 e. The zero-order valence-corrected chi connectivity index (χ0v) is 13.0. The molecule has 2 amide bonds. The number of anilines is 1. The predicted octanol–water partition coefficient (Wildman–Crippen LogP) is 2.49. The maximum Gasteiger partial charge on any atom is 0.319 e. The van der Waals surface area contributed by atoms with Crippen molar-refractivity contribution in [3.05, 3.63) is 60.7 Å². The van der Waals surface area contributed by atoms with Gasteiger partial charge >= 0.3 is 6.03 Å². The van der Waals surface area contributed by atoms with E-state index in [-0.39, 0.29) is 12.1 Å². The van der Waals surface area contributed by atoms with Crippen molar-refractivity contribution in [2.75, 3.05) is 5.32 Å². The lowest BCUT2D eigenvalue weighted by Gasteiger charge is -2.15. The lowest BCUT2D eigenvalue weighted by molar-refractivity contribution is 0.249. The van der Waals surface area contributed by atoms with Crippen LogP contribution in [0.2, 0.25) is 0 Å². The van der Waals surface area contributed by atoms with Crippen LogP contribution < -0.4 is 10.6 Å². The third-order valence-corrected chi connectivity index (χ3v) is 3.45. The molecule has 0 unspecified atom stereocenters. The fourth-order valence-electron chi connectivity index (χ4n) is 2.29. The molecule has 118 valence electrons. The van der Waals surface area contributed by atoms with Gasteiger partial charge in [0, 0.05) is 25.6 Å². The summed E-state index contributed by atoms with van der Waals surface area (Å²) in [5.74, 6) is 0. The molecule has 1 aromatic carbocycles. The Morgan fingerprint density at radius 3 is 2.83 bits per heavy atom. The van der Waals surface area contributed by atoms with E-state index in [1.807, 2.05) is 43.5 Å². The lowest BCUT2D eigenvalue weighted by Crippen LogP contribution is -2.31. The highest BCUT2D eigenvalue weighted by atomic mass is 16.2. The Bertz CT molecular complexity index is 793. The number of carbonyl (C=O) groups excluding carboxylic acids is 1. The summed E-state index contributed by atoms with van der Waals surface area (Å²) in [5, 5.41) is 13.9. The van der Waals surface area contributed by atoms with Crippen LogP contribution in [0.25, 0.3) is 5.69 Å². The highest BCUT2D eigenvalue weighted by Gasteiger charge is 2.11. The van der Waals surface area contributed by atoms with E-state index in [1.165, 1.54) is 0 Å². The molecule has 2 heterocycles. The topological polar surface area (TPSA) is 76.8 Å². The Morgan fingerprint density at radius 1 is 1.26 bits per heavy atom. The number of aryl methyl sites for hydroxylation is 1. The molecule has 1 atom stereocenters. The molecule has 7 nitrogen and oxygen atoms in total. The van der Waals surface area contributed by atoms with Crippen molar-refractivity contribution in [3.8, 4) is 5.69 Å². The second-order valence-corrected chi connectivity index (χ2v) is 5.27. The second-order valence-electron chi connectivity index (χ2n) is 5.27. The van der Waals surface area contributed by atoms with Crippen molar-refractivity contribution in [1.29, 1.82) is 0 Å². The van der Waals surface area contributed by atoms with Gasteiger partial charge in [0.25, 0.3) is 0 Å². The van der Waals surface area contributed by atoms with Gasteiger partial charge in [0.05, 0.1) is 23.6 Å². The summed E-state index contributed by atoms with van der Waals surface area (Å²) in [4.78, 5) is 12.0. The summed E-state index contributed by atoms with van der Waals surface area (Å²) in [7, 11) is 1.80. The molecule has 3 rings (SSSR count). The molecule has 7 heteroatoms. The summed E-state index contributed by atoms with van der Waals surface area (Å²) in [6.07, 6.45) is 6.95. The number of amides is 2. The van der Waals surface area contributed by atoms with Crippen molar-refractivity contribution >= 4 is 11.7 Å². The molecule has 3 aromatic rings. The van der Waals surface area contributed by atoms with Crippen LogP contribution in [0.4, 0.5) is 10.5 Å². The Kier molecular flexibility index (Phi) is 4.09. The Hall–Kier alpha value is -3.09. The van der Waals surface area contributed by atoms with E-state index >= 15 is 0 Å². The van der Waals surface area contributed by atoms with Gasteiger partial charge in [-0.15, -0.1) is 0 Å². The zero-order chi connectivity index (χ0) is 16.2. The van der Waals surface area contributed by atoms with E-state index in [9.17, 15) is 4.79 Å². The molecular formula is C16H18N6O. The number of nitrogens with one attached hydrogen (secondary N) is 2. The normalized spacial score (nSPS) is 11.9. The van der Waals surface area contributed by atoms with Crippen molar-refractivity contribution in [2.45, 2.75) is 13.0 Å². The van der Waals surface area contributed by atoms with Gasteiger partial charge in [0.1, 0.15) is 0 Å². The van der Waals surface area contributed by atoms with Crippen LogP contribution in [0.15, 0.2) is 55.1 Å². The van der Waals surface area contributed by atoms with E-state index in [0.717, 1.165) is 11.3 Å². The average Bonchev–Trinajstić information content (AvgIpc) is 3.19. The molecule has 0 radical (unpaired) electrons. The number of urea groups is 1. The fourth-order valence-corrected chi connectivity index (χ4v) is 2.29. The first-order valence-electron chi connectivity index (χ1n) is 7.28. The standard InChI is InChI=1S/C16H18N6O/c1-12(19-16(23)20-14-10-18-21(2)11-14)13-5-3-6-15(9-13)22-8-4-7-17-22/h3-12H,1-2H3,(H2,19,20,23)/t12-/m0/s1. The Labute approximate surface area is 133 Å². The summed E-state index contributed by atoms with van der Waals surface area (Å²) in [6.45, 7) is 1.94. The molecule has 0 aliphatic heterocycles. The number of hydrogen-bond donors (Lipinski definition) is 2. The highest BCUT2D eigenvalue weighted by Crippen LogP contribution is 2.16. The van der Waals surface area contributed by atoms with Gasteiger partial charge in [-0.3, -0.25) is 4.68 Å². The van der Waals surface area contributed by atoms with Crippen molar-refractivity contribution in [1.82, 2.24) is 24.9 Å². The van der Waals surface area contributed by atoms with Gasteiger partial charge in [-0.1, -0.05) is 12.1 Å². The minimum absolute atomic E-state index is 0.137. The fraction of sp³-hybridized carbons (Fsp3) is 0.188. The molecule has 0 saturated heterocycles. The van der Waals surface area contributed by atoms with Gasteiger partial charge in [0.2, 0.25) is 0 Å². The maximum absolute atomic E-state index is 12.0. The molecule has 0 bridgehead atoms. The summed E-state index contributed by atoms with van der Waals surface area (Å²) in [5.41, 5.74) is 2.61. The third kappa shape index (κ3) is 3.57. The van der Waals surface area contributed by atoms with Crippen LogP contribution in [-0.4, -0.2) is 25.6 Å². The second kappa shape index (κ2) is 6.35. The number of benzene rings is 1. The van der Waals surface area contributed by atoms with Crippen LogP contribution in [0, 0.1) is 0 Å². The predicted molar refractivity (Wildman–Crippen MR) is 87.3 cm³/mol. The maximum atomic E-state index is 12.0. The van der Waals surface area contributed by atoms with E-state index in [2.05, 4.69) is 20.8 Å². The molecule has 0 aliphatic carbocycles. The molecule has 0 spiro atoms. The smallest absolute Gasteiger partial charge is 0.319 e. The number of aromatic nitrogens is 4. The van der Waals surface area contributed by atoms with Crippen LogP contribution in [0.1, 0.15) is 18.5 Å². The van der Waals surface area contributed by atoms with Crippen molar-refractivity contribution in [2.24, 2.45) is 7.05 Å². The summed E-state index contributed by atoms with van der Waals surface area (Å²) >= 11 is 0. The van der Waals surface area contributed by atoms with E-state index < -0.39 is 0 Å². The lowest BCUT2D eigenvalue weighted by atomic mass is 10.1. The quantitative estimate of drug-likeness (QED) is 0.777. The van der Waals surface area contributed by atoms with E-state index in [4.69, 9.17) is 0 Å². The molecule has 23 heavy (non-hydrogen) atoms. The van der Waals surface area contributed by atoms with Crippen molar-refractivity contribution in [3.63, 3.8) is 0 Å². The Morgan fingerprint density at radius 2 is 2.13 bits per heavy atom. The SMILES string of the molecule is C[C@H](NC(=O)Nc1cnn(C)c1)c1cccc(-n2cccn2)c1. The van der Waals surface area contributed by atoms with Crippen LogP contribution >= 0.6 is 0 Å². The van der Waals surface area contributed by atoms with Gasteiger partial charge in [0.15, 0.2) is 0 Å². The first-order chi connectivity index (χ1) is 11.1. The third-order valence-electron chi connectivity index (χ3n) is 3.45. The van der Waals surface area contributed by atoms with E-state index in [0.29, 0.717) is 5.69 Å². The first-order valence-corrected chi connectivity index (χ1v) is 7.28. The monoisotopic (exact) mass is 310 g/mol. The Balaban J connectivity index is 1.67. The van der Waals surface area contributed by atoms with E-state index in [1.54, 1.807) is 35.0 Å². The van der Waals surface area contributed by atoms with Gasteiger partial charge in [-0.05, 0) is 30.7 Å². The molecule has 0 saturated carbocycles.